The normalized spacial score (nSPS) is 12.8. The standard InChI is InChI=1S/C11H10N4S2/c1-7(10-12-3-5-17-10)15-9-8-2-4-16-11(8)14-6-13-9/h2-7H,1H3,(H,13,14,15). The molecule has 0 saturated carbocycles. The summed E-state index contributed by atoms with van der Waals surface area (Å²) in [5.74, 6) is 0.874. The van der Waals surface area contributed by atoms with Crippen LogP contribution in [0, 0.1) is 0 Å². The monoisotopic (exact) mass is 262 g/mol. The van der Waals surface area contributed by atoms with E-state index < -0.39 is 0 Å². The Kier molecular flexibility index (Phi) is 2.74. The van der Waals surface area contributed by atoms with E-state index in [9.17, 15) is 0 Å². The number of nitrogens with one attached hydrogen (secondary N) is 1. The third-order valence-corrected chi connectivity index (χ3v) is 4.22. The van der Waals surface area contributed by atoms with Crippen molar-refractivity contribution in [1.29, 1.82) is 0 Å². The molecule has 3 aromatic heterocycles. The predicted molar refractivity (Wildman–Crippen MR) is 71.6 cm³/mol. The SMILES string of the molecule is CC(Nc1ncnc2sccc12)c1nccs1. The molecular formula is C11H10N4S2. The highest BCUT2D eigenvalue weighted by molar-refractivity contribution is 7.16. The van der Waals surface area contributed by atoms with Crippen LogP contribution in [0.5, 0.6) is 0 Å². The van der Waals surface area contributed by atoms with Gasteiger partial charge in [0.05, 0.1) is 11.4 Å². The van der Waals surface area contributed by atoms with Crippen LogP contribution in [0.25, 0.3) is 10.2 Å². The number of thiazole rings is 1. The van der Waals surface area contributed by atoms with E-state index in [-0.39, 0.29) is 6.04 Å². The summed E-state index contributed by atoms with van der Waals surface area (Å²) in [6.07, 6.45) is 3.41. The summed E-state index contributed by atoms with van der Waals surface area (Å²) in [5.41, 5.74) is 0. The Hall–Kier alpha value is -1.53. The number of nitrogens with zero attached hydrogens (tertiary/aromatic N) is 3. The summed E-state index contributed by atoms with van der Waals surface area (Å²) >= 11 is 3.27. The van der Waals surface area contributed by atoms with Crippen molar-refractivity contribution in [3.8, 4) is 0 Å². The van der Waals surface area contributed by atoms with Crippen LogP contribution < -0.4 is 5.32 Å². The average Bonchev–Trinajstić information content (AvgIpc) is 3.00. The molecule has 0 spiro atoms. The first-order valence-electron chi connectivity index (χ1n) is 5.19. The van der Waals surface area contributed by atoms with E-state index in [1.165, 1.54) is 0 Å². The molecule has 0 radical (unpaired) electrons. The maximum Gasteiger partial charge on any atom is 0.138 e. The second-order valence-corrected chi connectivity index (χ2v) is 5.42. The molecule has 4 nitrogen and oxygen atoms in total. The van der Waals surface area contributed by atoms with Gasteiger partial charge in [0.25, 0.3) is 0 Å². The molecule has 0 amide bonds. The fraction of sp³-hybridized carbons (Fsp3) is 0.182. The molecule has 1 atom stereocenters. The first kappa shape index (κ1) is 10.6. The van der Waals surface area contributed by atoms with Gasteiger partial charge in [0, 0.05) is 11.6 Å². The van der Waals surface area contributed by atoms with E-state index in [1.54, 1.807) is 29.0 Å². The molecule has 3 rings (SSSR count). The van der Waals surface area contributed by atoms with Crippen molar-refractivity contribution in [2.24, 2.45) is 0 Å². The highest BCUT2D eigenvalue weighted by Gasteiger charge is 2.11. The van der Waals surface area contributed by atoms with E-state index in [1.807, 2.05) is 23.0 Å². The van der Waals surface area contributed by atoms with E-state index in [0.717, 1.165) is 21.0 Å². The first-order valence-corrected chi connectivity index (χ1v) is 6.94. The van der Waals surface area contributed by atoms with Crippen molar-refractivity contribution in [3.05, 3.63) is 34.4 Å². The Morgan fingerprint density at radius 3 is 2.94 bits per heavy atom. The Bertz CT molecular complexity index is 617. The minimum Gasteiger partial charge on any atom is -0.360 e. The van der Waals surface area contributed by atoms with Gasteiger partial charge < -0.3 is 5.32 Å². The molecule has 0 aliphatic rings. The maximum absolute atomic E-state index is 4.30. The number of anilines is 1. The molecule has 1 N–H and O–H groups in total. The fourth-order valence-electron chi connectivity index (χ4n) is 1.62. The lowest BCUT2D eigenvalue weighted by Gasteiger charge is -2.12. The van der Waals surface area contributed by atoms with Gasteiger partial charge in [-0.2, -0.15) is 0 Å². The van der Waals surface area contributed by atoms with Crippen molar-refractivity contribution in [2.45, 2.75) is 13.0 Å². The summed E-state index contributed by atoms with van der Waals surface area (Å²) in [4.78, 5) is 13.8. The van der Waals surface area contributed by atoms with Crippen LogP contribution in [0.2, 0.25) is 0 Å². The van der Waals surface area contributed by atoms with Gasteiger partial charge in [0.2, 0.25) is 0 Å². The topological polar surface area (TPSA) is 50.7 Å². The Morgan fingerprint density at radius 1 is 1.18 bits per heavy atom. The molecule has 0 aromatic carbocycles. The molecule has 3 heterocycles. The van der Waals surface area contributed by atoms with Crippen molar-refractivity contribution in [3.63, 3.8) is 0 Å². The summed E-state index contributed by atoms with van der Waals surface area (Å²) in [6.45, 7) is 2.08. The summed E-state index contributed by atoms with van der Waals surface area (Å²) < 4.78 is 0. The Labute approximate surface area is 106 Å². The van der Waals surface area contributed by atoms with Crippen LogP contribution in [0.15, 0.2) is 29.4 Å². The molecule has 1 unspecified atom stereocenters. The Balaban J connectivity index is 1.92. The number of aromatic nitrogens is 3. The molecule has 0 aliphatic heterocycles. The number of thiophene rings is 1. The van der Waals surface area contributed by atoms with Gasteiger partial charge in [0.1, 0.15) is 22.0 Å². The fourth-order valence-corrected chi connectivity index (χ4v) is 3.00. The van der Waals surface area contributed by atoms with Gasteiger partial charge in [-0.1, -0.05) is 0 Å². The molecule has 0 fully saturated rings. The van der Waals surface area contributed by atoms with Gasteiger partial charge in [0.15, 0.2) is 0 Å². The lowest BCUT2D eigenvalue weighted by Crippen LogP contribution is -2.07. The zero-order chi connectivity index (χ0) is 11.7. The summed E-state index contributed by atoms with van der Waals surface area (Å²) in [6, 6.07) is 2.20. The van der Waals surface area contributed by atoms with Crippen molar-refractivity contribution < 1.29 is 0 Å². The van der Waals surface area contributed by atoms with Crippen LogP contribution in [0.1, 0.15) is 18.0 Å². The largest absolute Gasteiger partial charge is 0.360 e. The maximum atomic E-state index is 4.30. The minimum atomic E-state index is 0.160. The number of hydrogen-bond acceptors (Lipinski definition) is 6. The van der Waals surface area contributed by atoms with Gasteiger partial charge in [-0.15, -0.1) is 22.7 Å². The number of rotatable bonds is 3. The van der Waals surface area contributed by atoms with E-state index in [0.29, 0.717) is 0 Å². The van der Waals surface area contributed by atoms with Crippen LogP contribution in [0.4, 0.5) is 5.82 Å². The van der Waals surface area contributed by atoms with E-state index >= 15 is 0 Å². The molecule has 0 aliphatic carbocycles. The third-order valence-electron chi connectivity index (χ3n) is 2.44. The van der Waals surface area contributed by atoms with Crippen molar-refractivity contribution >= 4 is 38.7 Å². The van der Waals surface area contributed by atoms with Crippen LogP contribution in [0.3, 0.4) is 0 Å². The lowest BCUT2D eigenvalue weighted by atomic mass is 10.3. The molecule has 0 saturated heterocycles. The van der Waals surface area contributed by atoms with E-state index in [2.05, 4.69) is 27.2 Å². The molecule has 86 valence electrons. The average molecular weight is 262 g/mol. The highest BCUT2D eigenvalue weighted by atomic mass is 32.1. The zero-order valence-corrected chi connectivity index (χ0v) is 10.8. The van der Waals surface area contributed by atoms with Crippen LogP contribution in [-0.2, 0) is 0 Å². The smallest absolute Gasteiger partial charge is 0.138 e. The highest BCUT2D eigenvalue weighted by Crippen LogP contribution is 2.27. The summed E-state index contributed by atoms with van der Waals surface area (Å²) in [7, 11) is 0. The van der Waals surface area contributed by atoms with Gasteiger partial charge in [-0.05, 0) is 18.4 Å². The molecule has 0 bridgehead atoms. The second kappa shape index (κ2) is 4.38. The van der Waals surface area contributed by atoms with Crippen LogP contribution >= 0.6 is 22.7 Å². The van der Waals surface area contributed by atoms with Crippen molar-refractivity contribution in [2.75, 3.05) is 5.32 Å². The zero-order valence-electron chi connectivity index (χ0n) is 9.12. The molecule has 6 heteroatoms. The number of fused-ring (bicyclic) bond motifs is 1. The molecular weight excluding hydrogens is 252 g/mol. The predicted octanol–water partition coefficient (Wildman–Crippen LogP) is 3.32. The Morgan fingerprint density at radius 2 is 2.12 bits per heavy atom. The third kappa shape index (κ3) is 2.01. The van der Waals surface area contributed by atoms with Gasteiger partial charge in [-0.3, -0.25) is 0 Å². The quantitative estimate of drug-likeness (QED) is 0.786. The molecule has 17 heavy (non-hydrogen) atoms. The van der Waals surface area contributed by atoms with E-state index in [4.69, 9.17) is 0 Å². The lowest BCUT2D eigenvalue weighted by molar-refractivity contribution is 0.862. The second-order valence-electron chi connectivity index (χ2n) is 3.60. The molecule has 3 aromatic rings. The van der Waals surface area contributed by atoms with Gasteiger partial charge >= 0.3 is 0 Å². The van der Waals surface area contributed by atoms with Crippen molar-refractivity contribution in [1.82, 2.24) is 15.0 Å². The van der Waals surface area contributed by atoms with Gasteiger partial charge in [-0.25, -0.2) is 15.0 Å². The first-order chi connectivity index (χ1) is 8.34. The minimum absolute atomic E-state index is 0.160. The summed E-state index contributed by atoms with van der Waals surface area (Å²) in [5, 5.41) is 9.52. The van der Waals surface area contributed by atoms with Crippen LogP contribution in [-0.4, -0.2) is 15.0 Å². The number of hydrogen-bond donors (Lipinski definition) is 1.